The average Bonchev–Trinajstić information content (AvgIpc) is 2.32. The van der Waals surface area contributed by atoms with Crippen LogP contribution in [0.2, 0.25) is 0 Å². The summed E-state index contributed by atoms with van der Waals surface area (Å²) < 4.78 is 0. The number of aliphatic hydroxyl groups is 2. The number of nitrogens with one attached hydrogen (secondary N) is 2. The van der Waals surface area contributed by atoms with Crippen molar-refractivity contribution in [2.45, 2.75) is 20.0 Å². The Labute approximate surface area is 105 Å². The van der Waals surface area contributed by atoms with Gasteiger partial charge in [0.15, 0.2) is 0 Å². The van der Waals surface area contributed by atoms with Crippen LogP contribution in [0, 0.1) is 5.41 Å². The molecule has 2 amide bonds. The number of rotatable bonds is 7. The van der Waals surface area contributed by atoms with Crippen LogP contribution in [-0.2, 0) is 9.59 Å². The van der Waals surface area contributed by atoms with Crippen molar-refractivity contribution in [3.05, 3.63) is 0 Å². The summed E-state index contributed by atoms with van der Waals surface area (Å²) in [6, 6.07) is 0. The predicted molar refractivity (Wildman–Crippen MR) is 63.6 cm³/mol. The average molecular weight is 267 g/mol. The van der Waals surface area contributed by atoms with E-state index in [0.29, 0.717) is 0 Å². The Morgan fingerprint density at radius 2 is 1.82 bits per heavy atom. The topological polar surface area (TPSA) is 98.7 Å². The quantitative estimate of drug-likeness (QED) is 0.345. The lowest BCUT2D eigenvalue weighted by Crippen LogP contribution is -2.47. The standard InChI is InChI=1S/C10H19ClN2O4/c1-10(2,6-14)8(16)9(17)13-4-3-12-7(15)5-11/h8,14,16H,3-6H2,1-2H3,(H,12,15)(H,13,17). The highest BCUT2D eigenvalue weighted by molar-refractivity contribution is 6.27. The molecule has 0 aromatic rings. The van der Waals surface area contributed by atoms with E-state index in [2.05, 4.69) is 10.6 Å². The molecule has 0 aromatic carbocycles. The van der Waals surface area contributed by atoms with Crippen LogP contribution in [0.4, 0.5) is 0 Å². The number of aliphatic hydroxyl groups excluding tert-OH is 2. The first-order valence-corrected chi connectivity index (χ1v) is 5.78. The Hall–Kier alpha value is -0.850. The van der Waals surface area contributed by atoms with Gasteiger partial charge in [0.25, 0.3) is 0 Å². The fraction of sp³-hybridized carbons (Fsp3) is 0.800. The number of amides is 2. The van der Waals surface area contributed by atoms with Crippen molar-refractivity contribution < 1.29 is 19.8 Å². The van der Waals surface area contributed by atoms with Gasteiger partial charge in [0.2, 0.25) is 11.8 Å². The van der Waals surface area contributed by atoms with Crippen molar-refractivity contribution in [2.75, 3.05) is 25.6 Å². The zero-order valence-corrected chi connectivity index (χ0v) is 10.8. The molecule has 0 bridgehead atoms. The van der Waals surface area contributed by atoms with Crippen molar-refractivity contribution in [2.24, 2.45) is 5.41 Å². The van der Waals surface area contributed by atoms with Gasteiger partial charge in [-0.1, -0.05) is 13.8 Å². The molecule has 0 aliphatic rings. The first-order valence-electron chi connectivity index (χ1n) is 5.24. The minimum absolute atomic E-state index is 0.131. The largest absolute Gasteiger partial charge is 0.396 e. The Balaban J connectivity index is 3.91. The molecule has 0 rings (SSSR count). The van der Waals surface area contributed by atoms with E-state index in [0.717, 1.165) is 0 Å². The van der Waals surface area contributed by atoms with Crippen molar-refractivity contribution in [3.8, 4) is 0 Å². The van der Waals surface area contributed by atoms with Crippen LogP contribution in [0.5, 0.6) is 0 Å². The number of carbonyl (C=O) groups is 2. The third-order valence-corrected chi connectivity index (χ3v) is 2.51. The SMILES string of the molecule is CC(C)(CO)C(O)C(=O)NCCNC(=O)CCl. The highest BCUT2D eigenvalue weighted by Crippen LogP contribution is 2.19. The molecule has 1 unspecified atom stereocenters. The molecule has 7 heteroatoms. The lowest BCUT2D eigenvalue weighted by atomic mass is 9.87. The lowest BCUT2D eigenvalue weighted by molar-refractivity contribution is -0.137. The van der Waals surface area contributed by atoms with E-state index in [-0.39, 0.29) is 31.5 Å². The van der Waals surface area contributed by atoms with Crippen LogP contribution in [-0.4, -0.2) is 53.7 Å². The van der Waals surface area contributed by atoms with Gasteiger partial charge in [-0.05, 0) is 0 Å². The molecule has 0 spiro atoms. The minimum Gasteiger partial charge on any atom is -0.396 e. The molecule has 0 aromatic heterocycles. The second-order valence-corrected chi connectivity index (χ2v) is 4.59. The maximum Gasteiger partial charge on any atom is 0.249 e. The van der Waals surface area contributed by atoms with Gasteiger partial charge in [0.1, 0.15) is 12.0 Å². The number of halogens is 1. The summed E-state index contributed by atoms with van der Waals surface area (Å²) in [5.74, 6) is -1.03. The van der Waals surface area contributed by atoms with Gasteiger partial charge in [-0.25, -0.2) is 0 Å². The van der Waals surface area contributed by atoms with Gasteiger partial charge >= 0.3 is 0 Å². The number of hydrogen-bond donors (Lipinski definition) is 4. The van der Waals surface area contributed by atoms with Gasteiger partial charge in [-0.3, -0.25) is 9.59 Å². The van der Waals surface area contributed by atoms with E-state index in [1.165, 1.54) is 0 Å². The molecule has 4 N–H and O–H groups in total. The first-order chi connectivity index (χ1) is 7.85. The van der Waals surface area contributed by atoms with Crippen LogP contribution in [0.25, 0.3) is 0 Å². The molecule has 0 radical (unpaired) electrons. The summed E-state index contributed by atoms with van der Waals surface area (Å²) >= 11 is 5.26. The highest BCUT2D eigenvalue weighted by atomic mass is 35.5. The summed E-state index contributed by atoms with van der Waals surface area (Å²) in [6.45, 7) is 3.28. The van der Waals surface area contributed by atoms with E-state index in [9.17, 15) is 14.7 Å². The maximum atomic E-state index is 11.5. The van der Waals surface area contributed by atoms with Crippen molar-refractivity contribution >= 4 is 23.4 Å². The summed E-state index contributed by atoms with van der Waals surface area (Å²) in [7, 11) is 0. The van der Waals surface area contributed by atoms with E-state index in [1.54, 1.807) is 13.8 Å². The zero-order chi connectivity index (χ0) is 13.5. The second kappa shape index (κ2) is 7.47. The normalized spacial score (nSPS) is 13.0. The lowest BCUT2D eigenvalue weighted by Gasteiger charge is -2.27. The van der Waals surface area contributed by atoms with Crippen molar-refractivity contribution in [3.63, 3.8) is 0 Å². The maximum absolute atomic E-state index is 11.5. The fourth-order valence-corrected chi connectivity index (χ4v) is 1.07. The third kappa shape index (κ3) is 5.86. The molecule has 0 fully saturated rings. The van der Waals surface area contributed by atoms with E-state index in [4.69, 9.17) is 16.7 Å². The smallest absolute Gasteiger partial charge is 0.249 e. The van der Waals surface area contributed by atoms with Crippen LogP contribution < -0.4 is 10.6 Å². The third-order valence-electron chi connectivity index (χ3n) is 2.26. The van der Waals surface area contributed by atoms with Gasteiger partial charge in [-0.15, -0.1) is 11.6 Å². The van der Waals surface area contributed by atoms with Crippen LogP contribution >= 0.6 is 11.6 Å². The van der Waals surface area contributed by atoms with Crippen LogP contribution in [0.1, 0.15) is 13.8 Å². The zero-order valence-electron chi connectivity index (χ0n) is 9.99. The van der Waals surface area contributed by atoms with Crippen molar-refractivity contribution in [1.82, 2.24) is 10.6 Å². The number of carbonyl (C=O) groups excluding carboxylic acids is 2. The Morgan fingerprint density at radius 1 is 1.29 bits per heavy atom. The molecule has 0 saturated heterocycles. The molecular weight excluding hydrogens is 248 g/mol. The Bertz CT molecular complexity index is 271. The number of alkyl halides is 1. The summed E-state index contributed by atoms with van der Waals surface area (Å²) in [6.07, 6.45) is -1.30. The first kappa shape index (κ1) is 16.1. The van der Waals surface area contributed by atoms with E-state index >= 15 is 0 Å². The molecule has 0 aliphatic heterocycles. The molecule has 0 saturated carbocycles. The minimum atomic E-state index is -1.30. The second-order valence-electron chi connectivity index (χ2n) is 4.32. The molecular formula is C10H19ClN2O4. The Morgan fingerprint density at radius 3 is 2.29 bits per heavy atom. The summed E-state index contributed by atoms with van der Waals surface area (Å²) in [5, 5.41) is 23.5. The number of hydrogen-bond acceptors (Lipinski definition) is 4. The van der Waals surface area contributed by atoms with Gasteiger partial charge in [0.05, 0.1) is 6.61 Å². The van der Waals surface area contributed by atoms with Gasteiger partial charge in [-0.2, -0.15) is 0 Å². The van der Waals surface area contributed by atoms with E-state index in [1.807, 2.05) is 0 Å². The summed E-state index contributed by atoms with van der Waals surface area (Å²) in [5.41, 5.74) is -0.899. The van der Waals surface area contributed by atoms with Crippen LogP contribution in [0.3, 0.4) is 0 Å². The predicted octanol–water partition coefficient (Wildman–Crippen LogP) is -1.16. The highest BCUT2D eigenvalue weighted by Gasteiger charge is 2.32. The molecule has 100 valence electrons. The van der Waals surface area contributed by atoms with Crippen LogP contribution in [0.15, 0.2) is 0 Å². The molecule has 1 atom stereocenters. The molecule has 6 nitrogen and oxygen atoms in total. The molecule has 0 aliphatic carbocycles. The van der Waals surface area contributed by atoms with Gasteiger partial charge in [0, 0.05) is 18.5 Å². The molecule has 17 heavy (non-hydrogen) atoms. The molecule has 0 heterocycles. The van der Waals surface area contributed by atoms with E-state index < -0.39 is 17.4 Å². The van der Waals surface area contributed by atoms with Crippen molar-refractivity contribution in [1.29, 1.82) is 0 Å². The summed E-state index contributed by atoms with van der Waals surface area (Å²) in [4.78, 5) is 22.2. The van der Waals surface area contributed by atoms with Gasteiger partial charge < -0.3 is 20.8 Å². The monoisotopic (exact) mass is 266 g/mol. The fourth-order valence-electron chi connectivity index (χ4n) is 0.973. The Kier molecular flexibility index (Phi) is 7.10.